The molecule has 0 saturated carbocycles. The number of nitrogens with zero attached hydrogens (tertiary/aromatic N) is 2. The third-order valence-corrected chi connectivity index (χ3v) is 5.42. The van der Waals surface area contributed by atoms with Gasteiger partial charge in [0.05, 0.1) is 6.20 Å². The van der Waals surface area contributed by atoms with Crippen LogP contribution in [0.2, 0.25) is 0 Å². The molecule has 1 amide bonds. The van der Waals surface area contributed by atoms with Gasteiger partial charge in [0, 0.05) is 29.6 Å². The molecule has 2 aliphatic heterocycles. The van der Waals surface area contributed by atoms with Crippen LogP contribution in [-0.4, -0.2) is 41.5 Å². The topological polar surface area (TPSA) is 58.4 Å². The van der Waals surface area contributed by atoms with E-state index in [1.54, 1.807) is 12.5 Å². The summed E-state index contributed by atoms with van der Waals surface area (Å²) >= 11 is 1.44. The molecule has 3 unspecified atom stereocenters. The largest absolute Gasteiger partial charge is 0.440 e. The molecule has 23 heavy (non-hydrogen) atoms. The number of piperidine rings is 1. The van der Waals surface area contributed by atoms with Gasteiger partial charge in [0.1, 0.15) is 6.26 Å². The average Bonchev–Trinajstić information content (AvgIpc) is 3.18. The number of hydrogen-bond donors (Lipinski definition) is 1. The molecular weight excluding hydrogens is 310 g/mol. The van der Waals surface area contributed by atoms with E-state index in [2.05, 4.69) is 15.2 Å². The zero-order valence-electron chi connectivity index (χ0n) is 12.8. The van der Waals surface area contributed by atoms with E-state index in [9.17, 15) is 4.79 Å². The quantitative estimate of drug-likeness (QED) is 0.934. The Morgan fingerprint density at radius 1 is 1.30 bits per heavy atom. The van der Waals surface area contributed by atoms with Crippen LogP contribution >= 0.6 is 11.8 Å². The summed E-state index contributed by atoms with van der Waals surface area (Å²) in [6.45, 7) is 3.38. The smallest absolute Gasteiger partial charge is 0.260 e. The van der Waals surface area contributed by atoms with Crippen LogP contribution in [-0.2, 0) is 0 Å². The first-order valence-electron chi connectivity index (χ1n) is 7.97. The maximum Gasteiger partial charge on any atom is 0.260 e. The molecule has 2 aliphatic rings. The Hall–Kier alpha value is -1.79. The zero-order chi connectivity index (χ0) is 15.6. The van der Waals surface area contributed by atoms with Crippen LogP contribution < -0.4 is 5.32 Å². The van der Waals surface area contributed by atoms with Crippen molar-refractivity contribution in [3.05, 3.63) is 42.3 Å². The number of nitrogens with one attached hydrogen (secondary N) is 1. The molecule has 0 aliphatic carbocycles. The molecule has 2 aromatic rings. The molecule has 4 rings (SSSR count). The molecule has 6 heteroatoms. The molecule has 1 aromatic heterocycles. The lowest BCUT2D eigenvalue weighted by atomic mass is 9.96. The highest BCUT2D eigenvalue weighted by Crippen LogP contribution is 2.28. The van der Waals surface area contributed by atoms with Crippen LogP contribution in [0.5, 0.6) is 0 Å². The first-order chi connectivity index (χ1) is 11.3. The summed E-state index contributed by atoms with van der Waals surface area (Å²) in [5.74, 6) is 0.777. The van der Waals surface area contributed by atoms with Gasteiger partial charge in [-0.15, -0.1) is 0 Å². The van der Waals surface area contributed by atoms with Gasteiger partial charge in [0.25, 0.3) is 11.1 Å². The third kappa shape index (κ3) is 3.43. The molecule has 3 heterocycles. The number of fused-ring (bicyclic) bond motifs is 2. The number of carbonyl (C=O) groups excluding carboxylic acids is 1. The van der Waals surface area contributed by atoms with E-state index in [1.807, 2.05) is 24.3 Å². The number of rotatable bonds is 4. The number of hydrogen-bond acceptors (Lipinski definition) is 5. The van der Waals surface area contributed by atoms with Crippen molar-refractivity contribution in [3.63, 3.8) is 0 Å². The van der Waals surface area contributed by atoms with Crippen LogP contribution in [0.4, 0.5) is 0 Å². The Labute approximate surface area is 139 Å². The van der Waals surface area contributed by atoms with Gasteiger partial charge in [0.15, 0.2) is 0 Å². The van der Waals surface area contributed by atoms with E-state index < -0.39 is 0 Å². The lowest BCUT2D eigenvalue weighted by Crippen LogP contribution is -2.47. The molecule has 1 N–H and O–H groups in total. The Morgan fingerprint density at radius 2 is 2.17 bits per heavy atom. The van der Waals surface area contributed by atoms with Crippen molar-refractivity contribution in [1.29, 1.82) is 0 Å². The molecule has 1 aromatic carbocycles. The van der Waals surface area contributed by atoms with Gasteiger partial charge in [-0.1, -0.05) is 0 Å². The second-order valence-corrected chi connectivity index (χ2v) is 7.27. The standard InChI is InChI=1S/C17H19N3O2S/c21-16(19-14-9-12-5-7-20(10-12)11-14)13-1-3-15(4-2-13)23-17-18-6-8-22-17/h1-4,6,8,12,14H,5,7,9-11H2,(H,19,21). The molecule has 0 radical (unpaired) electrons. The van der Waals surface area contributed by atoms with Crippen molar-refractivity contribution in [2.75, 3.05) is 19.6 Å². The van der Waals surface area contributed by atoms with Crippen molar-refractivity contribution in [2.45, 2.75) is 29.0 Å². The second kappa shape index (κ2) is 6.37. The summed E-state index contributed by atoms with van der Waals surface area (Å²) in [5.41, 5.74) is 0.703. The Morgan fingerprint density at radius 3 is 2.91 bits per heavy atom. The highest BCUT2D eigenvalue weighted by molar-refractivity contribution is 7.99. The van der Waals surface area contributed by atoms with E-state index in [4.69, 9.17) is 4.42 Å². The van der Waals surface area contributed by atoms with Crippen LogP contribution in [0.15, 0.2) is 51.3 Å². The number of aromatic nitrogens is 1. The Kier molecular flexibility index (Phi) is 4.10. The Balaban J connectivity index is 1.36. The van der Waals surface area contributed by atoms with Crippen molar-refractivity contribution >= 4 is 17.7 Å². The number of oxazole rings is 1. The van der Waals surface area contributed by atoms with Crippen LogP contribution in [0.3, 0.4) is 0 Å². The number of carbonyl (C=O) groups is 1. The van der Waals surface area contributed by atoms with Crippen molar-refractivity contribution in [3.8, 4) is 0 Å². The van der Waals surface area contributed by atoms with Gasteiger partial charge in [-0.2, -0.15) is 0 Å². The first-order valence-corrected chi connectivity index (χ1v) is 8.78. The van der Waals surface area contributed by atoms with Crippen LogP contribution in [0.25, 0.3) is 0 Å². The molecular formula is C17H19N3O2S. The van der Waals surface area contributed by atoms with E-state index >= 15 is 0 Å². The predicted octanol–water partition coefficient (Wildman–Crippen LogP) is 2.65. The number of benzene rings is 1. The average molecular weight is 329 g/mol. The minimum atomic E-state index is 0.0187. The molecule has 2 bridgehead atoms. The summed E-state index contributed by atoms with van der Waals surface area (Å²) in [6, 6.07) is 7.86. The molecule has 0 spiro atoms. The molecule has 3 atom stereocenters. The maximum atomic E-state index is 12.4. The third-order valence-electron chi connectivity index (χ3n) is 4.53. The molecule has 2 saturated heterocycles. The van der Waals surface area contributed by atoms with E-state index in [0.29, 0.717) is 10.8 Å². The monoisotopic (exact) mass is 329 g/mol. The highest BCUT2D eigenvalue weighted by atomic mass is 32.2. The first kappa shape index (κ1) is 14.8. The van der Waals surface area contributed by atoms with Gasteiger partial charge in [-0.05, 0) is 61.3 Å². The SMILES string of the molecule is O=C(NC1CC2CCN(C2)C1)c1ccc(Sc2ncco2)cc1. The van der Waals surface area contributed by atoms with Gasteiger partial charge in [0.2, 0.25) is 0 Å². The summed E-state index contributed by atoms with van der Waals surface area (Å²) in [6.07, 6.45) is 5.56. The van der Waals surface area contributed by atoms with E-state index in [1.165, 1.54) is 31.3 Å². The highest BCUT2D eigenvalue weighted by Gasteiger charge is 2.32. The van der Waals surface area contributed by atoms with Crippen LogP contribution in [0.1, 0.15) is 23.2 Å². The molecule has 120 valence electrons. The summed E-state index contributed by atoms with van der Waals surface area (Å²) in [5, 5.41) is 3.79. The minimum absolute atomic E-state index is 0.0187. The Bertz CT molecular complexity index is 660. The normalized spacial score (nSPS) is 26.2. The van der Waals surface area contributed by atoms with Crippen molar-refractivity contribution in [2.24, 2.45) is 5.92 Å². The van der Waals surface area contributed by atoms with Crippen molar-refractivity contribution in [1.82, 2.24) is 15.2 Å². The van der Waals surface area contributed by atoms with E-state index in [0.717, 1.165) is 23.8 Å². The van der Waals surface area contributed by atoms with Gasteiger partial charge < -0.3 is 14.6 Å². The lowest BCUT2D eigenvalue weighted by molar-refractivity contribution is 0.0909. The summed E-state index contributed by atoms with van der Waals surface area (Å²) < 4.78 is 5.21. The van der Waals surface area contributed by atoms with Gasteiger partial charge in [-0.25, -0.2) is 4.98 Å². The fourth-order valence-electron chi connectivity index (χ4n) is 3.47. The van der Waals surface area contributed by atoms with Crippen LogP contribution in [0, 0.1) is 5.92 Å². The van der Waals surface area contributed by atoms with Crippen molar-refractivity contribution < 1.29 is 9.21 Å². The summed E-state index contributed by atoms with van der Waals surface area (Å²) in [4.78, 5) is 19.9. The second-order valence-electron chi connectivity index (χ2n) is 6.24. The molecule has 2 fully saturated rings. The summed E-state index contributed by atoms with van der Waals surface area (Å²) in [7, 11) is 0. The lowest BCUT2D eigenvalue weighted by Gasteiger charge is -2.30. The fourth-order valence-corrected chi connectivity index (χ4v) is 4.16. The number of amides is 1. The van der Waals surface area contributed by atoms with Gasteiger partial charge in [-0.3, -0.25) is 4.79 Å². The van der Waals surface area contributed by atoms with E-state index in [-0.39, 0.29) is 11.9 Å². The molecule has 5 nitrogen and oxygen atoms in total. The minimum Gasteiger partial charge on any atom is -0.440 e. The zero-order valence-corrected chi connectivity index (χ0v) is 13.6. The predicted molar refractivity (Wildman–Crippen MR) is 87.5 cm³/mol. The fraction of sp³-hybridized carbons (Fsp3) is 0.412. The maximum absolute atomic E-state index is 12.4. The van der Waals surface area contributed by atoms with Gasteiger partial charge >= 0.3 is 0 Å².